The number of benzene rings is 1. The van der Waals surface area contributed by atoms with Crippen molar-refractivity contribution in [3.63, 3.8) is 0 Å². The van der Waals surface area contributed by atoms with E-state index in [0.29, 0.717) is 11.6 Å². The summed E-state index contributed by atoms with van der Waals surface area (Å²) in [5, 5.41) is 18.8. The number of hydrogen-bond acceptors (Lipinski definition) is 10. The minimum absolute atomic E-state index is 0.0816. The van der Waals surface area contributed by atoms with Crippen LogP contribution in [0.2, 0.25) is 0 Å². The van der Waals surface area contributed by atoms with E-state index >= 15 is 0 Å². The monoisotopic (exact) mass is 514 g/mol. The number of hydrogen-bond donors (Lipinski definition) is 3. The van der Waals surface area contributed by atoms with Crippen molar-refractivity contribution in [2.75, 3.05) is 29.0 Å². The van der Waals surface area contributed by atoms with Gasteiger partial charge in [-0.1, -0.05) is 25.1 Å². The fourth-order valence-corrected chi connectivity index (χ4v) is 5.09. The van der Waals surface area contributed by atoms with E-state index in [-0.39, 0.29) is 24.2 Å². The van der Waals surface area contributed by atoms with Crippen LogP contribution in [0, 0.1) is 13.8 Å². The molecule has 11 nitrogen and oxygen atoms in total. The van der Waals surface area contributed by atoms with Crippen LogP contribution in [0.15, 0.2) is 24.3 Å². The number of nitrogens with two attached hydrogens (primary N) is 1. The van der Waals surface area contributed by atoms with Crippen LogP contribution >= 0.6 is 0 Å². The molecule has 3 atom stereocenters. The van der Waals surface area contributed by atoms with E-state index in [9.17, 15) is 0 Å². The number of nitrogens with zero attached hydrogens (tertiary/aromatic N) is 7. The highest BCUT2D eigenvalue weighted by Crippen LogP contribution is 2.35. The van der Waals surface area contributed by atoms with Gasteiger partial charge in [-0.25, -0.2) is 9.97 Å². The Morgan fingerprint density at radius 1 is 1.16 bits per heavy atom. The molecule has 4 N–H and O–H groups in total. The lowest BCUT2D eigenvalue weighted by molar-refractivity contribution is -0.00550. The largest absolute Gasteiger partial charge is 0.372 e. The van der Waals surface area contributed by atoms with E-state index in [0.717, 1.165) is 58.6 Å². The van der Waals surface area contributed by atoms with Gasteiger partial charge in [-0.3, -0.25) is 0 Å². The summed E-state index contributed by atoms with van der Waals surface area (Å²) in [6.45, 7) is 11.9. The van der Waals surface area contributed by atoms with Gasteiger partial charge in [-0.15, -0.1) is 10.2 Å². The Labute approximate surface area is 221 Å². The number of ether oxygens (including phenoxy) is 1. The van der Waals surface area contributed by atoms with Gasteiger partial charge in [0.1, 0.15) is 11.6 Å². The summed E-state index contributed by atoms with van der Waals surface area (Å²) in [4.78, 5) is 16.5. The topological polar surface area (TPSA) is 144 Å². The zero-order chi connectivity index (χ0) is 26.8. The lowest BCUT2D eigenvalue weighted by Crippen LogP contribution is -2.46. The van der Waals surface area contributed by atoms with Gasteiger partial charge in [0.2, 0.25) is 5.95 Å². The number of rotatable bonds is 7. The van der Waals surface area contributed by atoms with Gasteiger partial charge in [0.25, 0.3) is 0 Å². The Kier molecular flexibility index (Phi) is 7.19. The molecule has 0 aliphatic carbocycles. The summed E-state index contributed by atoms with van der Waals surface area (Å²) in [5.74, 6) is 2.28. The Morgan fingerprint density at radius 2 is 1.95 bits per heavy atom. The summed E-state index contributed by atoms with van der Waals surface area (Å²) in [7, 11) is 0. The molecule has 5 rings (SSSR count). The van der Waals surface area contributed by atoms with Crippen LogP contribution in [0.5, 0.6) is 0 Å². The number of H-pyrrole nitrogens is 1. The molecule has 3 unspecified atom stereocenters. The van der Waals surface area contributed by atoms with Crippen molar-refractivity contribution in [1.82, 2.24) is 35.6 Å². The minimum Gasteiger partial charge on any atom is -0.372 e. The fourth-order valence-electron chi connectivity index (χ4n) is 5.09. The molecule has 198 valence electrons. The van der Waals surface area contributed by atoms with Gasteiger partial charge in [0.15, 0.2) is 5.82 Å². The van der Waals surface area contributed by atoms with Crippen LogP contribution in [-0.2, 0) is 4.74 Å². The van der Waals surface area contributed by atoms with E-state index in [1.165, 1.54) is 0 Å². The maximum absolute atomic E-state index is 6.08. The normalized spacial score (nSPS) is 18.8. The second kappa shape index (κ2) is 10.7. The Morgan fingerprint density at radius 3 is 2.66 bits per heavy atom. The number of para-hydroxylation sites is 1. The van der Waals surface area contributed by atoms with E-state index in [1.807, 2.05) is 13.0 Å². The Balaban J connectivity index is 1.59. The maximum Gasteiger partial charge on any atom is 0.222 e. The van der Waals surface area contributed by atoms with Crippen molar-refractivity contribution in [3.8, 4) is 0 Å². The Bertz CT molecular complexity index is 1440. The SMILES string of the molecule is CCC(Nc1nc(N)nc(C)c1/C=C/c1nn[nH]n1)c1cc2cccc(C)c2nc1N1CC(C)OC(C)C1. The number of aryl methyl sites for hydroxylation is 2. The van der Waals surface area contributed by atoms with E-state index in [1.54, 1.807) is 6.08 Å². The van der Waals surface area contributed by atoms with Gasteiger partial charge < -0.3 is 20.7 Å². The van der Waals surface area contributed by atoms with Crippen LogP contribution < -0.4 is 16.0 Å². The highest BCUT2D eigenvalue weighted by Gasteiger charge is 2.28. The number of aromatic nitrogens is 7. The summed E-state index contributed by atoms with van der Waals surface area (Å²) in [6.07, 6.45) is 4.67. The summed E-state index contributed by atoms with van der Waals surface area (Å²) in [6, 6.07) is 8.47. The zero-order valence-electron chi connectivity index (χ0n) is 22.4. The average Bonchev–Trinajstić information content (AvgIpc) is 3.39. The molecule has 0 radical (unpaired) electrons. The lowest BCUT2D eigenvalue weighted by Gasteiger charge is -2.38. The first-order chi connectivity index (χ1) is 18.3. The molecular weight excluding hydrogens is 480 g/mol. The third-order valence-corrected chi connectivity index (χ3v) is 6.78. The average molecular weight is 515 g/mol. The van der Waals surface area contributed by atoms with E-state index in [4.69, 9.17) is 15.5 Å². The molecular formula is C27H34N10O. The molecule has 1 fully saturated rings. The van der Waals surface area contributed by atoms with Crippen LogP contribution in [0.25, 0.3) is 23.1 Å². The number of pyridine rings is 1. The summed E-state index contributed by atoms with van der Waals surface area (Å²) >= 11 is 0. The number of aromatic amines is 1. The first kappa shape index (κ1) is 25.5. The molecule has 11 heteroatoms. The third kappa shape index (κ3) is 5.28. The van der Waals surface area contributed by atoms with Gasteiger partial charge in [-0.2, -0.15) is 10.2 Å². The van der Waals surface area contributed by atoms with Crippen LogP contribution in [0.4, 0.5) is 17.6 Å². The highest BCUT2D eigenvalue weighted by atomic mass is 16.5. The van der Waals surface area contributed by atoms with Crippen molar-refractivity contribution >= 4 is 40.6 Å². The number of anilines is 3. The van der Waals surface area contributed by atoms with Gasteiger partial charge in [-0.05, 0) is 63.1 Å². The van der Waals surface area contributed by atoms with E-state index in [2.05, 4.69) is 92.8 Å². The van der Waals surface area contributed by atoms with Crippen molar-refractivity contribution in [1.29, 1.82) is 0 Å². The smallest absolute Gasteiger partial charge is 0.222 e. The standard InChI is InChI=1S/C27H34N10O/c1-6-22(30-25-20(18(5)29-27(28)32-25)10-11-23-33-35-36-34-23)21-12-19-9-7-8-15(2)24(19)31-26(21)37-13-16(3)38-17(4)14-37/h7-12,16-17,22H,6,13-14H2,1-5H3,(H3,28,29,30,32)(H,33,34,35,36)/b11-10+. The van der Waals surface area contributed by atoms with Crippen molar-refractivity contribution in [2.24, 2.45) is 0 Å². The van der Waals surface area contributed by atoms with Crippen LogP contribution in [0.3, 0.4) is 0 Å². The molecule has 0 spiro atoms. The molecule has 1 aliphatic rings. The van der Waals surface area contributed by atoms with E-state index < -0.39 is 0 Å². The summed E-state index contributed by atoms with van der Waals surface area (Å²) < 4.78 is 6.03. The molecule has 38 heavy (non-hydrogen) atoms. The van der Waals surface area contributed by atoms with Crippen molar-refractivity contribution in [3.05, 3.63) is 52.5 Å². The second-order valence-corrected chi connectivity index (χ2v) is 9.85. The highest BCUT2D eigenvalue weighted by molar-refractivity contribution is 5.85. The predicted molar refractivity (Wildman–Crippen MR) is 150 cm³/mol. The molecule has 0 amide bonds. The first-order valence-corrected chi connectivity index (χ1v) is 12.9. The molecule has 1 aromatic carbocycles. The summed E-state index contributed by atoms with van der Waals surface area (Å²) in [5.41, 5.74) is 10.9. The number of nitrogens with one attached hydrogen (secondary N) is 2. The predicted octanol–water partition coefficient (Wildman–Crippen LogP) is 4.08. The minimum atomic E-state index is -0.0816. The van der Waals surface area contributed by atoms with Crippen LogP contribution in [-0.4, -0.2) is 60.9 Å². The van der Waals surface area contributed by atoms with Gasteiger partial charge >= 0.3 is 0 Å². The number of tetrazole rings is 1. The van der Waals surface area contributed by atoms with Crippen LogP contribution in [0.1, 0.15) is 61.4 Å². The Hall–Kier alpha value is -4.12. The maximum atomic E-state index is 6.08. The number of nitrogen functional groups attached to an aromatic ring is 1. The third-order valence-electron chi connectivity index (χ3n) is 6.78. The fraction of sp³-hybridized carbons (Fsp3) is 0.407. The molecule has 0 bridgehead atoms. The molecule has 0 saturated carbocycles. The molecule has 1 aliphatic heterocycles. The molecule has 4 aromatic rings. The second-order valence-electron chi connectivity index (χ2n) is 9.85. The lowest BCUT2D eigenvalue weighted by atomic mass is 10.00. The quantitative estimate of drug-likeness (QED) is 0.330. The van der Waals surface area contributed by atoms with Crippen molar-refractivity contribution < 1.29 is 4.74 Å². The van der Waals surface area contributed by atoms with Crippen molar-refractivity contribution in [2.45, 2.75) is 59.3 Å². The molecule has 1 saturated heterocycles. The molecule has 3 aromatic heterocycles. The number of morpholine rings is 1. The van der Waals surface area contributed by atoms with Gasteiger partial charge in [0.05, 0.1) is 29.5 Å². The first-order valence-electron chi connectivity index (χ1n) is 12.9. The number of fused-ring (bicyclic) bond motifs is 1. The zero-order valence-corrected chi connectivity index (χ0v) is 22.4. The molecule has 4 heterocycles. The van der Waals surface area contributed by atoms with Gasteiger partial charge in [0, 0.05) is 29.6 Å².